The van der Waals surface area contributed by atoms with Crippen molar-refractivity contribution < 1.29 is 9.47 Å². The fourth-order valence-corrected chi connectivity index (χ4v) is 2.03. The lowest BCUT2D eigenvalue weighted by atomic mass is 9.84. The molecular formula is C9H16O2. The molecule has 0 bridgehead atoms. The first-order valence-corrected chi connectivity index (χ1v) is 4.57. The summed E-state index contributed by atoms with van der Waals surface area (Å²) in [5, 5.41) is 0. The molecule has 2 aliphatic rings. The predicted molar refractivity (Wildman–Crippen MR) is 42.5 cm³/mol. The van der Waals surface area contributed by atoms with Crippen molar-refractivity contribution in [3.63, 3.8) is 0 Å². The normalized spacial score (nSPS) is 39.3. The molecule has 0 saturated carbocycles. The van der Waals surface area contributed by atoms with E-state index in [4.69, 9.17) is 9.47 Å². The van der Waals surface area contributed by atoms with E-state index in [9.17, 15) is 0 Å². The van der Waals surface area contributed by atoms with Crippen LogP contribution in [0.3, 0.4) is 0 Å². The van der Waals surface area contributed by atoms with Crippen LogP contribution in [0.2, 0.25) is 0 Å². The molecule has 0 aliphatic carbocycles. The third-order valence-corrected chi connectivity index (χ3v) is 2.84. The molecule has 0 N–H and O–H groups in total. The lowest BCUT2D eigenvalue weighted by Gasteiger charge is -2.23. The summed E-state index contributed by atoms with van der Waals surface area (Å²) < 4.78 is 11.0. The Morgan fingerprint density at radius 3 is 2.45 bits per heavy atom. The summed E-state index contributed by atoms with van der Waals surface area (Å²) in [7, 11) is 0. The SMILES string of the molecule is C1CCC2(CCOC2)COC1. The third kappa shape index (κ3) is 1.57. The second-order valence-electron chi connectivity index (χ2n) is 3.81. The Labute approximate surface area is 67.9 Å². The zero-order valence-corrected chi connectivity index (χ0v) is 6.97. The molecule has 2 saturated heterocycles. The Morgan fingerprint density at radius 1 is 0.818 bits per heavy atom. The molecule has 2 heterocycles. The molecule has 0 aromatic heterocycles. The molecule has 0 radical (unpaired) electrons. The zero-order chi connectivity index (χ0) is 7.57. The van der Waals surface area contributed by atoms with Crippen LogP contribution in [0.5, 0.6) is 0 Å². The molecule has 2 rings (SSSR count). The molecule has 2 heteroatoms. The van der Waals surface area contributed by atoms with E-state index in [1.165, 1.54) is 25.7 Å². The highest BCUT2D eigenvalue weighted by molar-refractivity contribution is 4.84. The van der Waals surface area contributed by atoms with Gasteiger partial charge in [-0.1, -0.05) is 6.42 Å². The molecule has 0 amide bonds. The van der Waals surface area contributed by atoms with Gasteiger partial charge in [-0.05, 0) is 19.3 Å². The van der Waals surface area contributed by atoms with Crippen molar-refractivity contribution in [3.05, 3.63) is 0 Å². The van der Waals surface area contributed by atoms with Crippen LogP contribution in [0.15, 0.2) is 0 Å². The highest BCUT2D eigenvalue weighted by Gasteiger charge is 2.35. The maximum atomic E-state index is 5.55. The molecule has 1 unspecified atom stereocenters. The fraction of sp³-hybridized carbons (Fsp3) is 1.00. The summed E-state index contributed by atoms with van der Waals surface area (Å²) in [6, 6.07) is 0. The second-order valence-corrected chi connectivity index (χ2v) is 3.81. The van der Waals surface area contributed by atoms with Crippen LogP contribution >= 0.6 is 0 Å². The quantitative estimate of drug-likeness (QED) is 0.530. The first kappa shape index (κ1) is 7.56. The van der Waals surface area contributed by atoms with Crippen LogP contribution in [0.25, 0.3) is 0 Å². The van der Waals surface area contributed by atoms with Crippen LogP contribution in [0.1, 0.15) is 25.7 Å². The lowest BCUT2D eigenvalue weighted by molar-refractivity contribution is 0.0488. The van der Waals surface area contributed by atoms with Gasteiger partial charge in [0.1, 0.15) is 0 Å². The Kier molecular flexibility index (Phi) is 2.14. The summed E-state index contributed by atoms with van der Waals surface area (Å²) in [5.74, 6) is 0. The Hall–Kier alpha value is -0.0800. The minimum atomic E-state index is 0.413. The van der Waals surface area contributed by atoms with Crippen LogP contribution in [0.4, 0.5) is 0 Å². The minimum absolute atomic E-state index is 0.413. The van der Waals surface area contributed by atoms with E-state index in [2.05, 4.69) is 0 Å². The first-order valence-electron chi connectivity index (χ1n) is 4.57. The number of ether oxygens (including phenoxy) is 2. The van der Waals surface area contributed by atoms with Gasteiger partial charge in [0.2, 0.25) is 0 Å². The van der Waals surface area contributed by atoms with Crippen molar-refractivity contribution >= 4 is 0 Å². The van der Waals surface area contributed by atoms with Crippen molar-refractivity contribution in [2.75, 3.05) is 26.4 Å². The highest BCUT2D eigenvalue weighted by atomic mass is 16.5. The van der Waals surface area contributed by atoms with Gasteiger partial charge in [-0.15, -0.1) is 0 Å². The average molecular weight is 156 g/mol. The Balaban J connectivity index is 1.97. The Morgan fingerprint density at radius 2 is 1.64 bits per heavy atom. The molecule has 0 aromatic carbocycles. The average Bonchev–Trinajstić information content (AvgIpc) is 2.32. The van der Waals surface area contributed by atoms with E-state index in [-0.39, 0.29) is 0 Å². The topological polar surface area (TPSA) is 18.5 Å². The van der Waals surface area contributed by atoms with Gasteiger partial charge < -0.3 is 9.47 Å². The molecule has 0 aromatic rings. The number of rotatable bonds is 0. The standard InChI is InChI=1S/C9H16O2/c1-2-5-10-7-9(3-1)4-6-11-8-9/h1-8H2. The highest BCUT2D eigenvalue weighted by Crippen LogP contribution is 2.35. The van der Waals surface area contributed by atoms with Gasteiger partial charge in [0, 0.05) is 18.6 Å². The maximum Gasteiger partial charge on any atom is 0.0545 e. The minimum Gasteiger partial charge on any atom is -0.381 e. The molecule has 2 fully saturated rings. The molecule has 1 spiro atoms. The van der Waals surface area contributed by atoms with Crippen LogP contribution in [-0.4, -0.2) is 26.4 Å². The molecule has 11 heavy (non-hydrogen) atoms. The van der Waals surface area contributed by atoms with E-state index in [1.807, 2.05) is 0 Å². The molecule has 1 atom stereocenters. The second kappa shape index (κ2) is 3.11. The van der Waals surface area contributed by atoms with Crippen molar-refractivity contribution in [3.8, 4) is 0 Å². The fourth-order valence-electron chi connectivity index (χ4n) is 2.03. The van der Waals surface area contributed by atoms with E-state index < -0.39 is 0 Å². The molecule has 2 nitrogen and oxygen atoms in total. The predicted octanol–water partition coefficient (Wildman–Crippen LogP) is 1.59. The summed E-state index contributed by atoms with van der Waals surface area (Å²) >= 11 is 0. The number of hydrogen-bond acceptors (Lipinski definition) is 2. The Bertz CT molecular complexity index is 118. The van der Waals surface area contributed by atoms with Crippen LogP contribution < -0.4 is 0 Å². The van der Waals surface area contributed by atoms with Gasteiger partial charge in [0.05, 0.1) is 13.2 Å². The van der Waals surface area contributed by atoms with Crippen molar-refractivity contribution in [1.29, 1.82) is 0 Å². The van der Waals surface area contributed by atoms with Gasteiger partial charge in [-0.2, -0.15) is 0 Å². The van der Waals surface area contributed by atoms with Gasteiger partial charge in [-0.25, -0.2) is 0 Å². The zero-order valence-electron chi connectivity index (χ0n) is 6.97. The van der Waals surface area contributed by atoms with E-state index in [0.717, 1.165) is 26.4 Å². The maximum absolute atomic E-state index is 5.55. The van der Waals surface area contributed by atoms with Crippen molar-refractivity contribution in [1.82, 2.24) is 0 Å². The van der Waals surface area contributed by atoms with E-state index in [0.29, 0.717) is 5.41 Å². The molecule has 2 aliphatic heterocycles. The van der Waals surface area contributed by atoms with Gasteiger partial charge in [0.25, 0.3) is 0 Å². The van der Waals surface area contributed by atoms with E-state index in [1.54, 1.807) is 0 Å². The lowest BCUT2D eigenvalue weighted by Crippen LogP contribution is -2.25. The summed E-state index contributed by atoms with van der Waals surface area (Å²) in [4.78, 5) is 0. The van der Waals surface area contributed by atoms with Crippen molar-refractivity contribution in [2.45, 2.75) is 25.7 Å². The van der Waals surface area contributed by atoms with Gasteiger partial charge in [-0.3, -0.25) is 0 Å². The van der Waals surface area contributed by atoms with Crippen molar-refractivity contribution in [2.24, 2.45) is 5.41 Å². The first-order chi connectivity index (χ1) is 5.41. The van der Waals surface area contributed by atoms with Crippen LogP contribution in [-0.2, 0) is 9.47 Å². The number of hydrogen-bond donors (Lipinski definition) is 0. The largest absolute Gasteiger partial charge is 0.381 e. The van der Waals surface area contributed by atoms with Crippen LogP contribution in [0, 0.1) is 5.41 Å². The molecule has 64 valence electrons. The third-order valence-electron chi connectivity index (χ3n) is 2.84. The summed E-state index contributed by atoms with van der Waals surface area (Å²) in [5.41, 5.74) is 0.413. The van der Waals surface area contributed by atoms with E-state index >= 15 is 0 Å². The van der Waals surface area contributed by atoms with Gasteiger partial charge in [0.15, 0.2) is 0 Å². The summed E-state index contributed by atoms with van der Waals surface area (Å²) in [6.07, 6.45) is 5.09. The smallest absolute Gasteiger partial charge is 0.0545 e. The monoisotopic (exact) mass is 156 g/mol. The van der Waals surface area contributed by atoms with Gasteiger partial charge >= 0.3 is 0 Å². The summed E-state index contributed by atoms with van der Waals surface area (Å²) in [6.45, 7) is 3.78. The molecular weight excluding hydrogens is 140 g/mol.